The Kier molecular flexibility index (Phi) is 3.59. The minimum atomic E-state index is -0.403. The highest BCUT2D eigenvalue weighted by Gasteiger charge is 2.17. The van der Waals surface area contributed by atoms with Crippen LogP contribution in [0.3, 0.4) is 0 Å². The van der Waals surface area contributed by atoms with E-state index in [4.69, 9.17) is 5.73 Å². The number of fused-ring (bicyclic) bond motifs is 1. The van der Waals surface area contributed by atoms with E-state index in [1.54, 1.807) is 0 Å². The van der Waals surface area contributed by atoms with E-state index in [2.05, 4.69) is 29.0 Å². The maximum absolute atomic E-state index is 10.9. The Balaban J connectivity index is 2.05. The summed E-state index contributed by atoms with van der Waals surface area (Å²) in [4.78, 5) is 10.9. The molecule has 104 valence electrons. The van der Waals surface area contributed by atoms with Crippen molar-refractivity contribution in [3.8, 4) is 0 Å². The van der Waals surface area contributed by atoms with Crippen molar-refractivity contribution in [3.63, 3.8) is 0 Å². The van der Waals surface area contributed by atoms with E-state index in [0.717, 1.165) is 5.56 Å². The van der Waals surface area contributed by atoms with Crippen LogP contribution >= 0.6 is 0 Å². The van der Waals surface area contributed by atoms with Gasteiger partial charge in [-0.15, -0.1) is 0 Å². The zero-order valence-corrected chi connectivity index (χ0v) is 11.6. The maximum atomic E-state index is 10.9. The van der Waals surface area contributed by atoms with Gasteiger partial charge < -0.3 is 10.3 Å². The molecule has 1 aliphatic carbocycles. The molecule has 0 spiro atoms. The second kappa shape index (κ2) is 5.53. The van der Waals surface area contributed by atoms with Crippen molar-refractivity contribution in [1.82, 2.24) is 4.57 Å². The summed E-state index contributed by atoms with van der Waals surface area (Å²) in [5, 5.41) is 1.19. The van der Waals surface area contributed by atoms with Gasteiger partial charge in [-0.1, -0.05) is 37.5 Å². The van der Waals surface area contributed by atoms with E-state index in [0.29, 0.717) is 6.04 Å². The molecule has 0 saturated heterocycles. The largest absolute Gasteiger partial charge is 0.366 e. The number of nitrogens with two attached hydrogens (primary N) is 1. The number of nitrogens with zero attached hydrogens (tertiary/aromatic N) is 1. The molecule has 0 atom stereocenters. The van der Waals surface area contributed by atoms with Gasteiger partial charge in [0.05, 0.1) is 0 Å². The van der Waals surface area contributed by atoms with Gasteiger partial charge in [-0.25, -0.2) is 0 Å². The number of para-hydroxylation sites is 1. The lowest BCUT2D eigenvalue weighted by atomic mass is 9.95. The highest BCUT2D eigenvalue weighted by Crippen LogP contribution is 2.33. The van der Waals surface area contributed by atoms with Crippen LogP contribution in [0.2, 0.25) is 0 Å². The molecular weight excluding hydrogens is 248 g/mol. The Morgan fingerprint density at radius 2 is 1.95 bits per heavy atom. The fourth-order valence-corrected chi connectivity index (χ4v) is 3.20. The van der Waals surface area contributed by atoms with Crippen LogP contribution in [0, 0.1) is 0 Å². The van der Waals surface area contributed by atoms with Gasteiger partial charge in [-0.05, 0) is 25.0 Å². The van der Waals surface area contributed by atoms with Crippen molar-refractivity contribution in [3.05, 3.63) is 42.1 Å². The normalized spacial score (nSPS) is 17.0. The molecule has 1 amide bonds. The molecule has 0 unspecified atom stereocenters. The Morgan fingerprint density at radius 3 is 2.70 bits per heavy atom. The van der Waals surface area contributed by atoms with Crippen molar-refractivity contribution < 1.29 is 4.79 Å². The first kappa shape index (κ1) is 13.0. The smallest absolute Gasteiger partial charge is 0.241 e. The second-order valence-electron chi connectivity index (χ2n) is 5.54. The third kappa shape index (κ3) is 2.48. The number of aromatic nitrogens is 1. The third-order valence-corrected chi connectivity index (χ3v) is 4.17. The minimum Gasteiger partial charge on any atom is -0.366 e. The van der Waals surface area contributed by atoms with Crippen LogP contribution in [-0.2, 0) is 4.79 Å². The standard InChI is InChI=1S/C17H20N2O/c18-17(20)11-10-13-12-19(14-6-2-1-3-7-14)16-9-5-4-8-15(13)16/h4-5,8-12,14H,1-3,6-7H2,(H2,18,20)/b11-10-. The average molecular weight is 268 g/mol. The van der Waals surface area contributed by atoms with E-state index >= 15 is 0 Å². The molecule has 0 bridgehead atoms. The molecule has 0 aliphatic heterocycles. The molecule has 1 saturated carbocycles. The van der Waals surface area contributed by atoms with Crippen LogP contribution in [0.15, 0.2) is 36.5 Å². The fraction of sp³-hybridized carbons (Fsp3) is 0.353. The number of hydrogen-bond acceptors (Lipinski definition) is 1. The lowest BCUT2D eigenvalue weighted by molar-refractivity contribution is -0.113. The molecule has 20 heavy (non-hydrogen) atoms. The SMILES string of the molecule is NC(=O)/C=C\c1cn(C2CCCCC2)c2ccccc12. The fourth-order valence-electron chi connectivity index (χ4n) is 3.20. The first-order valence-corrected chi connectivity index (χ1v) is 7.33. The highest BCUT2D eigenvalue weighted by atomic mass is 16.1. The molecule has 1 aromatic heterocycles. The van der Waals surface area contributed by atoms with Crippen LogP contribution in [0.25, 0.3) is 17.0 Å². The summed E-state index contributed by atoms with van der Waals surface area (Å²) in [5.74, 6) is -0.403. The van der Waals surface area contributed by atoms with E-state index in [1.807, 2.05) is 12.1 Å². The minimum absolute atomic E-state index is 0.403. The lowest BCUT2D eigenvalue weighted by Crippen LogP contribution is -2.11. The van der Waals surface area contributed by atoms with E-state index in [9.17, 15) is 4.79 Å². The molecular formula is C17H20N2O. The number of carbonyl (C=O) groups is 1. The second-order valence-corrected chi connectivity index (χ2v) is 5.54. The number of amides is 1. The van der Waals surface area contributed by atoms with Gasteiger partial charge in [0.1, 0.15) is 0 Å². The summed E-state index contributed by atoms with van der Waals surface area (Å²) in [6.45, 7) is 0. The molecule has 1 aliphatic rings. The van der Waals surface area contributed by atoms with E-state index < -0.39 is 5.91 Å². The third-order valence-electron chi connectivity index (χ3n) is 4.17. The molecule has 3 nitrogen and oxygen atoms in total. The lowest BCUT2D eigenvalue weighted by Gasteiger charge is -2.24. The summed E-state index contributed by atoms with van der Waals surface area (Å²) in [6.07, 6.45) is 11.9. The van der Waals surface area contributed by atoms with Crippen molar-refractivity contribution in [2.75, 3.05) is 0 Å². The molecule has 2 N–H and O–H groups in total. The van der Waals surface area contributed by atoms with Crippen molar-refractivity contribution in [2.24, 2.45) is 5.73 Å². The Hall–Kier alpha value is -2.03. The monoisotopic (exact) mass is 268 g/mol. The zero-order valence-electron chi connectivity index (χ0n) is 11.6. The van der Waals surface area contributed by atoms with Crippen molar-refractivity contribution >= 4 is 22.9 Å². The highest BCUT2D eigenvalue weighted by molar-refractivity contribution is 5.95. The molecule has 2 aromatic rings. The summed E-state index contributed by atoms with van der Waals surface area (Å²) >= 11 is 0. The van der Waals surface area contributed by atoms with Gasteiger partial charge in [0, 0.05) is 34.8 Å². The van der Waals surface area contributed by atoms with Gasteiger partial charge in [0.25, 0.3) is 0 Å². The van der Waals surface area contributed by atoms with Gasteiger partial charge in [0.15, 0.2) is 0 Å². The predicted octanol–water partition coefficient (Wildman–Crippen LogP) is 3.65. The summed E-state index contributed by atoms with van der Waals surface area (Å²) in [6, 6.07) is 8.96. The van der Waals surface area contributed by atoms with Gasteiger partial charge in [0.2, 0.25) is 5.91 Å². The maximum Gasteiger partial charge on any atom is 0.241 e. The van der Waals surface area contributed by atoms with Crippen LogP contribution in [0.4, 0.5) is 0 Å². The van der Waals surface area contributed by atoms with Gasteiger partial charge in [-0.3, -0.25) is 4.79 Å². The molecule has 0 radical (unpaired) electrons. The van der Waals surface area contributed by atoms with Crippen LogP contribution < -0.4 is 5.73 Å². The van der Waals surface area contributed by atoms with E-state index in [1.165, 1.54) is 49.1 Å². The van der Waals surface area contributed by atoms with E-state index in [-0.39, 0.29) is 0 Å². The number of carbonyl (C=O) groups excluding carboxylic acids is 1. The van der Waals surface area contributed by atoms with Crippen molar-refractivity contribution in [2.45, 2.75) is 38.1 Å². The average Bonchev–Trinajstić information content (AvgIpc) is 2.85. The van der Waals surface area contributed by atoms with Gasteiger partial charge >= 0.3 is 0 Å². The summed E-state index contributed by atoms with van der Waals surface area (Å²) < 4.78 is 2.38. The summed E-state index contributed by atoms with van der Waals surface area (Å²) in [7, 11) is 0. The van der Waals surface area contributed by atoms with Crippen LogP contribution in [0.5, 0.6) is 0 Å². The van der Waals surface area contributed by atoms with Gasteiger partial charge in [-0.2, -0.15) is 0 Å². The number of hydrogen-bond donors (Lipinski definition) is 1. The molecule has 1 heterocycles. The number of benzene rings is 1. The molecule has 1 aromatic carbocycles. The quantitative estimate of drug-likeness (QED) is 0.849. The Labute approximate surface area is 119 Å². The Morgan fingerprint density at radius 1 is 1.20 bits per heavy atom. The first-order chi connectivity index (χ1) is 9.75. The number of rotatable bonds is 3. The molecule has 3 rings (SSSR count). The van der Waals surface area contributed by atoms with Crippen LogP contribution in [-0.4, -0.2) is 10.5 Å². The Bertz CT molecular complexity index is 648. The van der Waals surface area contributed by atoms with Crippen molar-refractivity contribution in [1.29, 1.82) is 0 Å². The zero-order chi connectivity index (χ0) is 13.9. The van der Waals surface area contributed by atoms with Crippen LogP contribution in [0.1, 0.15) is 43.7 Å². The molecule has 1 fully saturated rings. The summed E-state index contributed by atoms with van der Waals surface area (Å²) in [5.41, 5.74) is 7.53. The molecule has 3 heteroatoms. The first-order valence-electron chi connectivity index (χ1n) is 7.33. The topological polar surface area (TPSA) is 48.0 Å². The number of primary amides is 1. The predicted molar refractivity (Wildman–Crippen MR) is 82.3 cm³/mol.